The smallest absolute Gasteiger partial charge is 0.0700 e. The highest BCUT2D eigenvalue weighted by molar-refractivity contribution is 4.79. The zero-order valence-electron chi connectivity index (χ0n) is 9.00. The molecule has 2 aliphatic heterocycles. The zero-order valence-corrected chi connectivity index (χ0v) is 9.00. The SMILES string of the molecule is CC1OCCC1NCCC1CCOC1. The molecule has 3 nitrogen and oxygen atoms in total. The molecule has 2 aliphatic rings. The number of ether oxygens (including phenoxy) is 2. The van der Waals surface area contributed by atoms with Gasteiger partial charge in [-0.3, -0.25) is 0 Å². The van der Waals surface area contributed by atoms with Gasteiger partial charge in [0.2, 0.25) is 0 Å². The van der Waals surface area contributed by atoms with Gasteiger partial charge < -0.3 is 14.8 Å². The molecule has 3 heteroatoms. The minimum atomic E-state index is 0.398. The summed E-state index contributed by atoms with van der Waals surface area (Å²) in [4.78, 5) is 0. The molecule has 0 radical (unpaired) electrons. The monoisotopic (exact) mass is 199 g/mol. The van der Waals surface area contributed by atoms with Crippen LogP contribution in [-0.4, -0.2) is 38.5 Å². The third-order valence-electron chi connectivity index (χ3n) is 3.36. The van der Waals surface area contributed by atoms with Gasteiger partial charge in [-0.1, -0.05) is 0 Å². The van der Waals surface area contributed by atoms with E-state index in [-0.39, 0.29) is 0 Å². The molecule has 82 valence electrons. The van der Waals surface area contributed by atoms with Gasteiger partial charge in [-0.05, 0) is 38.6 Å². The lowest BCUT2D eigenvalue weighted by Gasteiger charge is -2.17. The summed E-state index contributed by atoms with van der Waals surface area (Å²) in [6, 6.07) is 0.581. The van der Waals surface area contributed by atoms with Gasteiger partial charge in [0, 0.05) is 25.9 Å². The summed E-state index contributed by atoms with van der Waals surface area (Å²) >= 11 is 0. The average Bonchev–Trinajstić information content (AvgIpc) is 2.78. The second-order valence-corrected chi connectivity index (χ2v) is 4.44. The Hall–Kier alpha value is -0.120. The lowest BCUT2D eigenvalue weighted by atomic mass is 10.0. The Morgan fingerprint density at radius 2 is 2.21 bits per heavy atom. The van der Waals surface area contributed by atoms with E-state index in [4.69, 9.17) is 9.47 Å². The van der Waals surface area contributed by atoms with Crippen molar-refractivity contribution >= 4 is 0 Å². The Labute approximate surface area is 86.2 Å². The number of rotatable bonds is 4. The third kappa shape index (κ3) is 2.69. The van der Waals surface area contributed by atoms with Gasteiger partial charge >= 0.3 is 0 Å². The van der Waals surface area contributed by atoms with Gasteiger partial charge in [-0.2, -0.15) is 0 Å². The topological polar surface area (TPSA) is 30.5 Å². The highest BCUT2D eigenvalue weighted by atomic mass is 16.5. The Morgan fingerprint density at radius 1 is 1.29 bits per heavy atom. The van der Waals surface area contributed by atoms with E-state index in [0.29, 0.717) is 12.1 Å². The molecule has 0 amide bonds. The standard InChI is InChI=1S/C11H21NO2/c1-9-11(4-7-14-9)12-5-2-10-3-6-13-8-10/h9-12H,2-8H2,1H3. The van der Waals surface area contributed by atoms with Crippen LogP contribution >= 0.6 is 0 Å². The van der Waals surface area contributed by atoms with Gasteiger partial charge in [-0.25, -0.2) is 0 Å². The summed E-state index contributed by atoms with van der Waals surface area (Å²) in [5.74, 6) is 0.792. The van der Waals surface area contributed by atoms with Crippen molar-refractivity contribution in [2.75, 3.05) is 26.4 Å². The maximum Gasteiger partial charge on any atom is 0.0700 e. The molecule has 0 aromatic heterocycles. The number of nitrogens with one attached hydrogen (secondary N) is 1. The summed E-state index contributed by atoms with van der Waals surface area (Å²) < 4.78 is 10.8. The molecule has 2 rings (SSSR count). The predicted octanol–water partition coefficient (Wildman–Crippen LogP) is 1.18. The van der Waals surface area contributed by atoms with Crippen molar-refractivity contribution in [3.8, 4) is 0 Å². The van der Waals surface area contributed by atoms with Crippen LogP contribution < -0.4 is 5.32 Å². The van der Waals surface area contributed by atoms with E-state index < -0.39 is 0 Å². The van der Waals surface area contributed by atoms with Crippen LogP contribution in [0.3, 0.4) is 0 Å². The van der Waals surface area contributed by atoms with Crippen molar-refractivity contribution in [3.05, 3.63) is 0 Å². The van der Waals surface area contributed by atoms with Crippen LogP contribution in [0.2, 0.25) is 0 Å². The van der Waals surface area contributed by atoms with Crippen LogP contribution in [0.1, 0.15) is 26.2 Å². The van der Waals surface area contributed by atoms with Gasteiger partial charge in [-0.15, -0.1) is 0 Å². The van der Waals surface area contributed by atoms with Crippen molar-refractivity contribution in [3.63, 3.8) is 0 Å². The fourth-order valence-electron chi connectivity index (χ4n) is 2.28. The van der Waals surface area contributed by atoms with Crippen LogP contribution in [-0.2, 0) is 9.47 Å². The van der Waals surface area contributed by atoms with E-state index >= 15 is 0 Å². The Balaban J connectivity index is 1.57. The first-order valence-electron chi connectivity index (χ1n) is 5.79. The maximum atomic E-state index is 5.50. The van der Waals surface area contributed by atoms with Gasteiger partial charge in [0.1, 0.15) is 0 Å². The van der Waals surface area contributed by atoms with Crippen LogP contribution in [0.25, 0.3) is 0 Å². The molecule has 14 heavy (non-hydrogen) atoms. The van der Waals surface area contributed by atoms with E-state index in [1.54, 1.807) is 0 Å². The molecule has 2 saturated heterocycles. The first-order valence-corrected chi connectivity index (χ1v) is 5.79. The normalized spacial score (nSPS) is 37.9. The molecule has 1 N–H and O–H groups in total. The minimum absolute atomic E-state index is 0.398. The highest BCUT2D eigenvalue weighted by Crippen LogP contribution is 2.17. The fraction of sp³-hybridized carbons (Fsp3) is 1.00. The first kappa shape index (κ1) is 10.4. The molecular weight excluding hydrogens is 178 g/mol. The molecule has 0 saturated carbocycles. The van der Waals surface area contributed by atoms with Crippen molar-refractivity contribution in [1.82, 2.24) is 5.32 Å². The zero-order chi connectivity index (χ0) is 9.80. The van der Waals surface area contributed by atoms with Gasteiger partial charge in [0.05, 0.1) is 6.10 Å². The third-order valence-corrected chi connectivity index (χ3v) is 3.36. The van der Waals surface area contributed by atoms with E-state index in [9.17, 15) is 0 Å². The van der Waals surface area contributed by atoms with Crippen LogP contribution in [0.5, 0.6) is 0 Å². The van der Waals surface area contributed by atoms with Crippen molar-refractivity contribution < 1.29 is 9.47 Å². The lowest BCUT2D eigenvalue weighted by molar-refractivity contribution is 0.113. The summed E-state index contributed by atoms with van der Waals surface area (Å²) in [6.07, 6.45) is 4.07. The van der Waals surface area contributed by atoms with E-state index in [2.05, 4.69) is 12.2 Å². The predicted molar refractivity (Wildman–Crippen MR) is 55.4 cm³/mol. The van der Waals surface area contributed by atoms with E-state index in [1.807, 2.05) is 0 Å². The molecule has 3 unspecified atom stereocenters. The van der Waals surface area contributed by atoms with E-state index in [1.165, 1.54) is 19.3 Å². The molecule has 0 aromatic rings. The second-order valence-electron chi connectivity index (χ2n) is 4.44. The molecule has 0 aromatic carbocycles. The fourth-order valence-corrected chi connectivity index (χ4v) is 2.28. The van der Waals surface area contributed by atoms with E-state index in [0.717, 1.165) is 32.3 Å². The van der Waals surface area contributed by atoms with Crippen LogP contribution in [0, 0.1) is 5.92 Å². The summed E-state index contributed by atoms with van der Waals surface area (Å²) in [6.45, 7) is 6.13. The van der Waals surface area contributed by atoms with Crippen molar-refractivity contribution in [2.45, 2.75) is 38.3 Å². The largest absolute Gasteiger partial charge is 0.381 e. The van der Waals surface area contributed by atoms with Crippen LogP contribution in [0.15, 0.2) is 0 Å². The summed E-state index contributed by atoms with van der Waals surface area (Å²) in [5, 5.41) is 3.58. The average molecular weight is 199 g/mol. The Morgan fingerprint density at radius 3 is 2.86 bits per heavy atom. The minimum Gasteiger partial charge on any atom is -0.381 e. The quantitative estimate of drug-likeness (QED) is 0.737. The molecule has 2 fully saturated rings. The molecule has 3 atom stereocenters. The van der Waals surface area contributed by atoms with Crippen molar-refractivity contribution in [2.24, 2.45) is 5.92 Å². The van der Waals surface area contributed by atoms with Gasteiger partial charge in [0.25, 0.3) is 0 Å². The molecular formula is C11H21NO2. The lowest BCUT2D eigenvalue weighted by Crippen LogP contribution is -2.35. The van der Waals surface area contributed by atoms with Gasteiger partial charge in [0.15, 0.2) is 0 Å². The molecule has 0 bridgehead atoms. The summed E-state index contributed by atoms with van der Waals surface area (Å²) in [7, 11) is 0. The second kappa shape index (κ2) is 5.10. The number of hydrogen-bond acceptors (Lipinski definition) is 3. The Bertz CT molecular complexity index is 169. The summed E-state index contributed by atoms with van der Waals surface area (Å²) in [5.41, 5.74) is 0. The first-order chi connectivity index (χ1) is 6.86. The Kier molecular flexibility index (Phi) is 3.79. The molecule has 2 heterocycles. The van der Waals surface area contributed by atoms with Crippen LogP contribution in [0.4, 0.5) is 0 Å². The molecule has 0 spiro atoms. The maximum absolute atomic E-state index is 5.50. The highest BCUT2D eigenvalue weighted by Gasteiger charge is 2.23. The van der Waals surface area contributed by atoms with Crippen molar-refractivity contribution in [1.29, 1.82) is 0 Å². The number of hydrogen-bond donors (Lipinski definition) is 1. The molecule has 0 aliphatic carbocycles.